The van der Waals surface area contributed by atoms with Gasteiger partial charge in [-0.15, -0.1) is 11.8 Å². The quantitative estimate of drug-likeness (QED) is 0.578. The number of aliphatic carboxylic acids is 1. The largest absolute Gasteiger partial charge is 0.492 e. The maximum atomic E-state index is 12.4. The topological polar surface area (TPSA) is 81.4 Å². The third kappa shape index (κ3) is 5.60. The Balaban J connectivity index is 1.57. The number of fused-ring (bicyclic) bond motifs is 1. The maximum Gasteiger partial charge on any atom is 0.316 e. The average Bonchev–Trinajstić information content (AvgIpc) is 2.70. The predicted octanol–water partition coefficient (Wildman–Crippen LogP) is 3.61. The third-order valence-corrected chi connectivity index (χ3v) is 5.63. The second-order valence-electron chi connectivity index (χ2n) is 6.97. The molecule has 0 aliphatic carbocycles. The van der Waals surface area contributed by atoms with Gasteiger partial charge in [-0.25, -0.2) is 4.68 Å². The SMILES string of the molecule is CC(C)SC(Cc1ccc(OCCn2ncc3ccccc3c2=O)cc1)C(=O)O. The molecule has 0 spiro atoms. The zero-order valence-electron chi connectivity index (χ0n) is 16.4. The Morgan fingerprint density at radius 2 is 1.90 bits per heavy atom. The van der Waals surface area contributed by atoms with E-state index in [2.05, 4.69) is 5.10 Å². The molecule has 1 atom stereocenters. The highest BCUT2D eigenvalue weighted by Gasteiger charge is 2.20. The van der Waals surface area contributed by atoms with Gasteiger partial charge in [0.1, 0.15) is 17.6 Å². The summed E-state index contributed by atoms with van der Waals surface area (Å²) in [5, 5.41) is 14.8. The van der Waals surface area contributed by atoms with Crippen LogP contribution in [0.3, 0.4) is 0 Å². The van der Waals surface area contributed by atoms with E-state index in [4.69, 9.17) is 4.74 Å². The second-order valence-corrected chi connectivity index (χ2v) is 8.75. The van der Waals surface area contributed by atoms with Crippen molar-refractivity contribution < 1.29 is 14.6 Å². The summed E-state index contributed by atoms with van der Waals surface area (Å²) in [6, 6.07) is 14.8. The summed E-state index contributed by atoms with van der Waals surface area (Å²) in [6.07, 6.45) is 2.15. The van der Waals surface area contributed by atoms with Gasteiger partial charge >= 0.3 is 5.97 Å². The lowest BCUT2D eigenvalue weighted by molar-refractivity contribution is -0.136. The number of carboxylic acid groups (broad SMARTS) is 1. The van der Waals surface area contributed by atoms with E-state index >= 15 is 0 Å². The van der Waals surface area contributed by atoms with Crippen LogP contribution in [0.4, 0.5) is 0 Å². The Bertz CT molecular complexity index is 1030. The number of ether oxygens (including phenoxy) is 1. The Labute approximate surface area is 173 Å². The molecule has 1 aromatic heterocycles. The van der Waals surface area contributed by atoms with Gasteiger partial charge in [-0.3, -0.25) is 9.59 Å². The van der Waals surface area contributed by atoms with Gasteiger partial charge in [-0.05, 0) is 35.4 Å². The Kier molecular flexibility index (Phi) is 6.93. The van der Waals surface area contributed by atoms with E-state index in [9.17, 15) is 14.7 Å². The van der Waals surface area contributed by atoms with E-state index in [1.54, 1.807) is 12.3 Å². The Morgan fingerprint density at radius 3 is 2.59 bits per heavy atom. The van der Waals surface area contributed by atoms with Crippen LogP contribution in [0.1, 0.15) is 19.4 Å². The fraction of sp³-hybridized carbons (Fsp3) is 0.318. The van der Waals surface area contributed by atoms with Gasteiger partial charge in [0, 0.05) is 5.39 Å². The van der Waals surface area contributed by atoms with Gasteiger partial charge < -0.3 is 9.84 Å². The van der Waals surface area contributed by atoms with Crippen molar-refractivity contribution in [2.24, 2.45) is 0 Å². The average molecular weight is 413 g/mol. The molecule has 0 saturated carbocycles. The first-order valence-electron chi connectivity index (χ1n) is 9.49. The van der Waals surface area contributed by atoms with Gasteiger partial charge in [0.15, 0.2) is 0 Å². The standard InChI is InChI=1S/C22H24N2O4S/c1-15(2)29-20(22(26)27)13-16-7-9-18(10-8-16)28-12-11-24-21(25)19-6-4-3-5-17(19)14-23-24/h3-10,14-15,20H,11-13H2,1-2H3,(H,26,27). The zero-order chi connectivity index (χ0) is 20.8. The van der Waals surface area contributed by atoms with Crippen molar-refractivity contribution in [2.75, 3.05) is 6.61 Å². The minimum absolute atomic E-state index is 0.135. The number of thioether (sulfide) groups is 1. The molecular formula is C22H24N2O4S. The maximum absolute atomic E-state index is 12.4. The molecule has 0 bridgehead atoms. The van der Waals surface area contributed by atoms with Crippen LogP contribution in [-0.4, -0.2) is 38.0 Å². The zero-order valence-corrected chi connectivity index (χ0v) is 17.3. The van der Waals surface area contributed by atoms with Crippen molar-refractivity contribution in [1.29, 1.82) is 0 Å². The fourth-order valence-electron chi connectivity index (χ4n) is 2.99. The highest BCUT2D eigenvalue weighted by atomic mass is 32.2. The number of rotatable bonds is 9. The number of carbonyl (C=O) groups is 1. The molecule has 0 fully saturated rings. The van der Waals surface area contributed by atoms with Crippen molar-refractivity contribution in [3.8, 4) is 5.75 Å². The molecule has 0 aliphatic heterocycles. The number of hydrogen-bond acceptors (Lipinski definition) is 5. The lowest BCUT2D eigenvalue weighted by Gasteiger charge is -2.15. The van der Waals surface area contributed by atoms with Crippen molar-refractivity contribution >= 4 is 28.5 Å². The molecule has 1 heterocycles. The highest BCUT2D eigenvalue weighted by molar-refractivity contribution is 8.01. The molecule has 1 unspecified atom stereocenters. The van der Waals surface area contributed by atoms with Crippen LogP contribution in [0.2, 0.25) is 0 Å². The van der Waals surface area contributed by atoms with Crippen LogP contribution in [0.15, 0.2) is 59.5 Å². The molecule has 7 heteroatoms. The monoisotopic (exact) mass is 412 g/mol. The fourth-order valence-corrected chi connectivity index (χ4v) is 4.06. The minimum Gasteiger partial charge on any atom is -0.492 e. The van der Waals surface area contributed by atoms with Crippen molar-refractivity contribution in [3.05, 3.63) is 70.6 Å². The summed E-state index contributed by atoms with van der Waals surface area (Å²) in [5.74, 6) is -0.122. The second kappa shape index (κ2) is 9.60. The van der Waals surface area contributed by atoms with Crippen molar-refractivity contribution in [1.82, 2.24) is 9.78 Å². The first-order valence-corrected chi connectivity index (χ1v) is 10.4. The van der Waals surface area contributed by atoms with E-state index in [0.717, 1.165) is 10.9 Å². The summed E-state index contributed by atoms with van der Waals surface area (Å²) >= 11 is 1.45. The minimum atomic E-state index is -0.794. The Morgan fingerprint density at radius 1 is 1.17 bits per heavy atom. The van der Waals surface area contributed by atoms with E-state index in [-0.39, 0.29) is 10.8 Å². The number of nitrogens with zero attached hydrogens (tertiary/aromatic N) is 2. The molecule has 3 aromatic rings. The van der Waals surface area contributed by atoms with Crippen LogP contribution in [0.25, 0.3) is 10.8 Å². The summed E-state index contributed by atoms with van der Waals surface area (Å²) in [4.78, 5) is 23.9. The first kappa shape index (κ1) is 20.9. The van der Waals surface area contributed by atoms with E-state index in [0.29, 0.717) is 30.7 Å². The number of aromatic nitrogens is 2. The first-order chi connectivity index (χ1) is 13.9. The van der Waals surface area contributed by atoms with Crippen LogP contribution < -0.4 is 10.3 Å². The van der Waals surface area contributed by atoms with Crippen LogP contribution >= 0.6 is 11.8 Å². The van der Waals surface area contributed by atoms with Gasteiger partial charge in [-0.1, -0.05) is 44.2 Å². The van der Waals surface area contributed by atoms with Crippen LogP contribution in [0.5, 0.6) is 5.75 Å². The molecule has 29 heavy (non-hydrogen) atoms. The molecular weight excluding hydrogens is 388 g/mol. The van der Waals surface area contributed by atoms with Crippen LogP contribution in [0, 0.1) is 0 Å². The number of carboxylic acids is 1. The van der Waals surface area contributed by atoms with E-state index < -0.39 is 11.2 Å². The molecule has 152 valence electrons. The number of benzene rings is 2. The predicted molar refractivity (Wildman–Crippen MR) is 116 cm³/mol. The van der Waals surface area contributed by atoms with Gasteiger partial charge in [0.25, 0.3) is 5.56 Å². The summed E-state index contributed by atoms with van der Waals surface area (Å²) < 4.78 is 7.13. The molecule has 3 rings (SSSR count). The van der Waals surface area contributed by atoms with Gasteiger partial charge in [-0.2, -0.15) is 5.10 Å². The molecule has 0 aliphatic rings. The lowest BCUT2D eigenvalue weighted by atomic mass is 10.1. The smallest absolute Gasteiger partial charge is 0.316 e. The number of hydrogen-bond donors (Lipinski definition) is 1. The van der Waals surface area contributed by atoms with Crippen molar-refractivity contribution in [3.63, 3.8) is 0 Å². The molecule has 0 amide bonds. The van der Waals surface area contributed by atoms with Gasteiger partial charge in [0.05, 0.1) is 18.1 Å². The highest BCUT2D eigenvalue weighted by Crippen LogP contribution is 2.22. The third-order valence-electron chi connectivity index (χ3n) is 4.39. The lowest BCUT2D eigenvalue weighted by Crippen LogP contribution is -2.25. The summed E-state index contributed by atoms with van der Waals surface area (Å²) in [5.41, 5.74) is 0.815. The van der Waals surface area contributed by atoms with E-state index in [1.165, 1.54) is 16.4 Å². The van der Waals surface area contributed by atoms with Crippen LogP contribution in [-0.2, 0) is 17.8 Å². The molecule has 6 nitrogen and oxygen atoms in total. The molecule has 1 N–H and O–H groups in total. The Hall–Kier alpha value is -2.80. The molecule has 0 radical (unpaired) electrons. The summed E-state index contributed by atoms with van der Waals surface area (Å²) in [7, 11) is 0. The van der Waals surface area contributed by atoms with E-state index in [1.807, 2.05) is 56.3 Å². The molecule has 2 aromatic carbocycles. The normalized spacial score (nSPS) is 12.2. The molecule has 0 saturated heterocycles. The van der Waals surface area contributed by atoms with Crippen molar-refractivity contribution in [2.45, 2.75) is 37.3 Å². The van der Waals surface area contributed by atoms with Gasteiger partial charge in [0.2, 0.25) is 0 Å². The summed E-state index contributed by atoms with van der Waals surface area (Å²) in [6.45, 7) is 4.64.